The maximum absolute atomic E-state index is 12.8. The summed E-state index contributed by atoms with van der Waals surface area (Å²) in [5, 5.41) is 9.30. The van der Waals surface area contributed by atoms with Crippen molar-refractivity contribution in [3.8, 4) is 5.75 Å². The average Bonchev–Trinajstić information content (AvgIpc) is 2.73. The van der Waals surface area contributed by atoms with E-state index >= 15 is 0 Å². The Hall–Kier alpha value is -2.86. The number of benzene rings is 2. The van der Waals surface area contributed by atoms with Gasteiger partial charge in [0.15, 0.2) is 0 Å². The number of aromatic carboxylic acids is 1. The summed E-state index contributed by atoms with van der Waals surface area (Å²) < 4.78 is 5.20. The fraction of sp³-hybridized carbons (Fsp3) is 0.333. The molecule has 1 atom stereocenters. The van der Waals surface area contributed by atoms with Gasteiger partial charge < -0.3 is 14.7 Å². The first kappa shape index (κ1) is 18.9. The van der Waals surface area contributed by atoms with Crippen molar-refractivity contribution in [2.24, 2.45) is 0 Å². The Morgan fingerprint density at radius 1 is 0.963 bits per heavy atom. The smallest absolute Gasteiger partial charge is 0.336 e. The molecule has 2 aromatic carbocycles. The summed E-state index contributed by atoms with van der Waals surface area (Å²) in [6.07, 6.45) is 0. The second-order valence-corrected chi connectivity index (χ2v) is 6.63. The van der Waals surface area contributed by atoms with Crippen molar-refractivity contribution < 1.29 is 19.4 Å². The fourth-order valence-electron chi connectivity index (χ4n) is 3.43. The molecule has 3 rings (SSSR count). The van der Waals surface area contributed by atoms with E-state index in [1.807, 2.05) is 12.1 Å². The van der Waals surface area contributed by atoms with Crippen LogP contribution in [0, 0.1) is 0 Å². The standard InChI is InChI=1S/C21H24N2O4/c1-15(16-7-9-17(27-2)10-8-16)22-11-13-23(14-12-22)20(24)18-5-3-4-6-19(18)21(25)26/h3-10,15H,11-14H2,1-2H3,(H,25,26). The average molecular weight is 368 g/mol. The highest BCUT2D eigenvalue weighted by Crippen LogP contribution is 2.24. The summed E-state index contributed by atoms with van der Waals surface area (Å²) in [6.45, 7) is 4.79. The number of amides is 1. The number of carbonyl (C=O) groups excluding carboxylic acids is 1. The molecule has 0 radical (unpaired) electrons. The molecule has 2 aromatic rings. The van der Waals surface area contributed by atoms with E-state index in [2.05, 4.69) is 24.0 Å². The Balaban J connectivity index is 1.64. The van der Waals surface area contributed by atoms with Crippen LogP contribution in [0.5, 0.6) is 5.75 Å². The summed E-state index contributed by atoms with van der Waals surface area (Å²) in [7, 11) is 1.65. The van der Waals surface area contributed by atoms with Gasteiger partial charge in [-0.1, -0.05) is 24.3 Å². The zero-order valence-corrected chi connectivity index (χ0v) is 15.6. The van der Waals surface area contributed by atoms with Crippen molar-refractivity contribution in [3.05, 3.63) is 65.2 Å². The summed E-state index contributed by atoms with van der Waals surface area (Å²) >= 11 is 0. The van der Waals surface area contributed by atoms with Crippen LogP contribution < -0.4 is 4.74 Å². The number of carboxylic acids is 1. The van der Waals surface area contributed by atoms with E-state index in [-0.39, 0.29) is 23.1 Å². The minimum absolute atomic E-state index is 0.0523. The number of hydrogen-bond acceptors (Lipinski definition) is 4. The zero-order valence-electron chi connectivity index (χ0n) is 15.6. The normalized spacial score (nSPS) is 16.0. The number of methoxy groups -OCH3 is 1. The van der Waals surface area contributed by atoms with Gasteiger partial charge in [-0.25, -0.2) is 4.79 Å². The maximum atomic E-state index is 12.8. The molecule has 0 aliphatic carbocycles. The van der Waals surface area contributed by atoms with Crippen molar-refractivity contribution in [3.63, 3.8) is 0 Å². The monoisotopic (exact) mass is 368 g/mol. The molecule has 6 nitrogen and oxygen atoms in total. The molecule has 0 spiro atoms. The lowest BCUT2D eigenvalue weighted by molar-refractivity contribution is 0.0569. The van der Waals surface area contributed by atoms with E-state index in [0.717, 1.165) is 18.8 Å². The number of carboxylic acid groups (broad SMARTS) is 1. The third-order valence-electron chi connectivity index (χ3n) is 5.14. The van der Waals surface area contributed by atoms with E-state index in [0.29, 0.717) is 13.1 Å². The van der Waals surface area contributed by atoms with Gasteiger partial charge in [0, 0.05) is 32.2 Å². The topological polar surface area (TPSA) is 70.1 Å². The summed E-state index contributed by atoms with van der Waals surface area (Å²) in [5.74, 6) is -0.464. The van der Waals surface area contributed by atoms with Crippen LogP contribution in [0.4, 0.5) is 0 Å². The van der Waals surface area contributed by atoms with Crippen LogP contribution in [0.1, 0.15) is 39.2 Å². The SMILES string of the molecule is COc1ccc(C(C)N2CCN(C(=O)c3ccccc3C(=O)O)CC2)cc1. The molecule has 1 aliphatic rings. The molecule has 1 fully saturated rings. The first-order valence-electron chi connectivity index (χ1n) is 9.01. The van der Waals surface area contributed by atoms with E-state index in [1.54, 1.807) is 30.2 Å². The fourth-order valence-corrected chi connectivity index (χ4v) is 3.43. The van der Waals surface area contributed by atoms with Crippen LogP contribution >= 0.6 is 0 Å². The summed E-state index contributed by atoms with van der Waals surface area (Å²) in [5.41, 5.74) is 1.50. The Kier molecular flexibility index (Phi) is 5.76. The Morgan fingerprint density at radius 3 is 2.11 bits per heavy atom. The number of nitrogens with zero attached hydrogens (tertiary/aromatic N) is 2. The van der Waals surface area contributed by atoms with E-state index in [9.17, 15) is 14.7 Å². The molecule has 0 bridgehead atoms. The van der Waals surface area contributed by atoms with Crippen LogP contribution in [0.2, 0.25) is 0 Å². The Morgan fingerprint density at radius 2 is 1.56 bits per heavy atom. The number of rotatable bonds is 5. The maximum Gasteiger partial charge on any atom is 0.336 e. The molecule has 0 aromatic heterocycles. The van der Waals surface area contributed by atoms with Crippen LogP contribution in [-0.4, -0.2) is 60.1 Å². The van der Waals surface area contributed by atoms with Gasteiger partial charge in [-0.05, 0) is 36.8 Å². The molecule has 0 saturated carbocycles. The molecule has 1 saturated heterocycles. The Labute approximate surface area is 159 Å². The van der Waals surface area contributed by atoms with Gasteiger partial charge in [0.1, 0.15) is 5.75 Å². The second-order valence-electron chi connectivity index (χ2n) is 6.63. The first-order valence-corrected chi connectivity index (χ1v) is 9.01. The number of carbonyl (C=O) groups is 2. The highest BCUT2D eigenvalue weighted by atomic mass is 16.5. The first-order chi connectivity index (χ1) is 13.0. The molecule has 1 heterocycles. The predicted molar refractivity (Wildman–Crippen MR) is 102 cm³/mol. The van der Waals surface area contributed by atoms with E-state index in [4.69, 9.17) is 4.74 Å². The lowest BCUT2D eigenvalue weighted by Crippen LogP contribution is -2.49. The third-order valence-corrected chi connectivity index (χ3v) is 5.14. The molecular weight excluding hydrogens is 344 g/mol. The molecule has 27 heavy (non-hydrogen) atoms. The van der Waals surface area contributed by atoms with Crippen LogP contribution in [0.15, 0.2) is 48.5 Å². The second kappa shape index (κ2) is 8.22. The summed E-state index contributed by atoms with van der Waals surface area (Å²) in [6, 6.07) is 14.6. The van der Waals surface area contributed by atoms with Gasteiger partial charge in [0.2, 0.25) is 0 Å². The molecule has 6 heteroatoms. The molecule has 1 aliphatic heterocycles. The van der Waals surface area contributed by atoms with Crippen molar-refractivity contribution in [2.75, 3.05) is 33.3 Å². The number of ether oxygens (including phenoxy) is 1. The molecular formula is C21H24N2O4. The summed E-state index contributed by atoms with van der Waals surface area (Å²) in [4.78, 5) is 28.2. The Bertz CT molecular complexity index is 811. The van der Waals surface area contributed by atoms with Gasteiger partial charge in [-0.2, -0.15) is 0 Å². The van der Waals surface area contributed by atoms with E-state index < -0.39 is 5.97 Å². The van der Waals surface area contributed by atoms with Gasteiger partial charge >= 0.3 is 5.97 Å². The third kappa shape index (κ3) is 4.11. The van der Waals surface area contributed by atoms with Gasteiger partial charge in [-0.3, -0.25) is 9.69 Å². The lowest BCUT2D eigenvalue weighted by Gasteiger charge is -2.38. The minimum Gasteiger partial charge on any atom is -0.497 e. The van der Waals surface area contributed by atoms with E-state index in [1.165, 1.54) is 11.6 Å². The van der Waals surface area contributed by atoms with Crippen LogP contribution in [0.25, 0.3) is 0 Å². The quantitative estimate of drug-likeness (QED) is 0.879. The zero-order chi connectivity index (χ0) is 19.4. The highest BCUT2D eigenvalue weighted by molar-refractivity contribution is 6.04. The van der Waals surface area contributed by atoms with Gasteiger partial charge in [0.25, 0.3) is 5.91 Å². The molecule has 1 N–H and O–H groups in total. The van der Waals surface area contributed by atoms with Crippen molar-refractivity contribution in [1.82, 2.24) is 9.80 Å². The minimum atomic E-state index is -1.08. The van der Waals surface area contributed by atoms with Gasteiger partial charge in [0.05, 0.1) is 18.2 Å². The van der Waals surface area contributed by atoms with Crippen LogP contribution in [-0.2, 0) is 0 Å². The van der Waals surface area contributed by atoms with Crippen molar-refractivity contribution in [2.45, 2.75) is 13.0 Å². The molecule has 1 amide bonds. The number of piperazine rings is 1. The van der Waals surface area contributed by atoms with Gasteiger partial charge in [-0.15, -0.1) is 0 Å². The highest BCUT2D eigenvalue weighted by Gasteiger charge is 2.27. The van der Waals surface area contributed by atoms with Crippen molar-refractivity contribution >= 4 is 11.9 Å². The molecule has 142 valence electrons. The van der Waals surface area contributed by atoms with Crippen molar-refractivity contribution in [1.29, 1.82) is 0 Å². The lowest BCUT2D eigenvalue weighted by atomic mass is 10.0. The largest absolute Gasteiger partial charge is 0.497 e. The predicted octanol–water partition coefficient (Wildman–Crippen LogP) is 2.91. The molecule has 1 unspecified atom stereocenters. The number of hydrogen-bond donors (Lipinski definition) is 1. The van der Waals surface area contributed by atoms with Crippen LogP contribution in [0.3, 0.4) is 0 Å².